The molecule has 0 saturated carbocycles. The molecule has 1 aliphatic heterocycles. The lowest BCUT2D eigenvalue weighted by molar-refractivity contribution is 0.326. The molecule has 0 unspecified atom stereocenters. The molecule has 3 heteroatoms. The average Bonchev–Trinajstić information content (AvgIpc) is 2.79. The fourth-order valence-electron chi connectivity index (χ4n) is 3.16. The van der Waals surface area contributed by atoms with E-state index in [9.17, 15) is 0 Å². The van der Waals surface area contributed by atoms with Crippen LogP contribution in [0.3, 0.4) is 0 Å². The van der Waals surface area contributed by atoms with Crippen LogP contribution in [-0.4, -0.2) is 22.6 Å². The highest BCUT2D eigenvalue weighted by atomic mass is 15.1. The van der Waals surface area contributed by atoms with Crippen molar-refractivity contribution in [1.82, 2.24) is 14.9 Å². The zero-order chi connectivity index (χ0) is 14.2. The number of fused-ring (bicyclic) bond motifs is 1. The number of aromatic nitrogens is 2. The lowest BCUT2D eigenvalue weighted by atomic mass is 9.94. The van der Waals surface area contributed by atoms with Crippen molar-refractivity contribution in [1.29, 1.82) is 0 Å². The molecule has 0 amide bonds. The highest BCUT2D eigenvalue weighted by Gasteiger charge is 2.24. The maximum atomic E-state index is 4.90. The second-order valence-electron chi connectivity index (χ2n) is 6.98. The smallest absolute Gasteiger partial charge is 0.115 e. The first-order valence-electron chi connectivity index (χ1n) is 7.72. The normalized spacial score (nSPS) is 17.8. The number of benzene rings is 1. The minimum absolute atomic E-state index is 0.0892. The van der Waals surface area contributed by atoms with E-state index in [1.165, 1.54) is 24.2 Å². The molecule has 1 aromatic carbocycles. The first kappa shape index (κ1) is 13.6. The largest absolute Gasteiger partial charge is 0.327 e. The third kappa shape index (κ3) is 2.59. The number of piperidine rings is 1. The molecule has 0 aliphatic carbocycles. The SMILES string of the molecule is CC(C)(C)c1nc2ccccc2n1CC1CCNCC1. The van der Waals surface area contributed by atoms with Crippen molar-refractivity contribution < 1.29 is 0 Å². The Balaban J connectivity index is 2.01. The van der Waals surface area contributed by atoms with E-state index in [-0.39, 0.29) is 5.41 Å². The van der Waals surface area contributed by atoms with Crippen LogP contribution >= 0.6 is 0 Å². The molecule has 3 nitrogen and oxygen atoms in total. The summed E-state index contributed by atoms with van der Waals surface area (Å²) in [6, 6.07) is 8.54. The van der Waals surface area contributed by atoms with Crippen molar-refractivity contribution in [3.63, 3.8) is 0 Å². The van der Waals surface area contributed by atoms with Crippen molar-refractivity contribution >= 4 is 11.0 Å². The summed E-state index contributed by atoms with van der Waals surface area (Å²) >= 11 is 0. The Hall–Kier alpha value is -1.35. The van der Waals surface area contributed by atoms with Gasteiger partial charge in [-0.15, -0.1) is 0 Å². The van der Waals surface area contributed by atoms with Crippen LogP contribution in [0.4, 0.5) is 0 Å². The summed E-state index contributed by atoms with van der Waals surface area (Å²) in [6.45, 7) is 10.2. The third-order valence-corrected chi connectivity index (χ3v) is 4.22. The molecule has 1 saturated heterocycles. The number of imidazole rings is 1. The van der Waals surface area contributed by atoms with Crippen molar-refractivity contribution in [2.45, 2.75) is 45.6 Å². The lowest BCUT2D eigenvalue weighted by Crippen LogP contribution is -2.31. The van der Waals surface area contributed by atoms with Gasteiger partial charge in [-0.25, -0.2) is 4.98 Å². The summed E-state index contributed by atoms with van der Waals surface area (Å²) in [5.74, 6) is 1.99. The highest BCUT2D eigenvalue weighted by Crippen LogP contribution is 2.28. The quantitative estimate of drug-likeness (QED) is 0.908. The predicted molar refractivity (Wildman–Crippen MR) is 84.0 cm³/mol. The van der Waals surface area contributed by atoms with Gasteiger partial charge in [0.25, 0.3) is 0 Å². The summed E-state index contributed by atoms with van der Waals surface area (Å²) in [6.07, 6.45) is 2.55. The van der Waals surface area contributed by atoms with E-state index in [0.29, 0.717) is 0 Å². The maximum Gasteiger partial charge on any atom is 0.115 e. The molecule has 0 bridgehead atoms. The van der Waals surface area contributed by atoms with Gasteiger partial charge in [-0.2, -0.15) is 0 Å². The summed E-state index contributed by atoms with van der Waals surface area (Å²) in [5.41, 5.74) is 2.51. The summed E-state index contributed by atoms with van der Waals surface area (Å²) < 4.78 is 2.46. The molecule has 1 N–H and O–H groups in total. The van der Waals surface area contributed by atoms with E-state index in [2.05, 4.69) is 54.9 Å². The van der Waals surface area contributed by atoms with Gasteiger partial charge in [0.2, 0.25) is 0 Å². The van der Waals surface area contributed by atoms with Crippen LogP contribution in [0, 0.1) is 5.92 Å². The molecule has 20 heavy (non-hydrogen) atoms. The van der Waals surface area contributed by atoms with Crippen LogP contribution in [0.25, 0.3) is 11.0 Å². The average molecular weight is 271 g/mol. The van der Waals surface area contributed by atoms with Crippen LogP contribution in [0.2, 0.25) is 0 Å². The van der Waals surface area contributed by atoms with Gasteiger partial charge >= 0.3 is 0 Å². The van der Waals surface area contributed by atoms with Gasteiger partial charge in [0.1, 0.15) is 5.82 Å². The minimum Gasteiger partial charge on any atom is -0.327 e. The lowest BCUT2D eigenvalue weighted by Gasteiger charge is -2.26. The van der Waals surface area contributed by atoms with Crippen LogP contribution < -0.4 is 5.32 Å². The molecule has 0 atom stereocenters. The zero-order valence-corrected chi connectivity index (χ0v) is 12.8. The molecule has 2 aromatic rings. The Morgan fingerprint density at radius 1 is 1.20 bits per heavy atom. The Bertz CT molecular complexity index is 586. The van der Waals surface area contributed by atoms with Gasteiger partial charge < -0.3 is 9.88 Å². The number of para-hydroxylation sites is 2. The number of nitrogens with one attached hydrogen (secondary N) is 1. The van der Waals surface area contributed by atoms with Gasteiger partial charge in [0.15, 0.2) is 0 Å². The van der Waals surface area contributed by atoms with Crippen molar-refractivity contribution in [2.24, 2.45) is 5.92 Å². The van der Waals surface area contributed by atoms with E-state index < -0.39 is 0 Å². The van der Waals surface area contributed by atoms with Crippen LogP contribution in [-0.2, 0) is 12.0 Å². The number of nitrogens with zero attached hydrogens (tertiary/aromatic N) is 2. The first-order chi connectivity index (χ1) is 9.55. The molecule has 108 valence electrons. The summed E-state index contributed by atoms with van der Waals surface area (Å²) in [4.78, 5) is 4.90. The standard InChI is InChI=1S/C17H25N3/c1-17(2,3)16-19-14-6-4-5-7-15(14)20(16)12-13-8-10-18-11-9-13/h4-7,13,18H,8-12H2,1-3H3. The summed E-state index contributed by atoms with van der Waals surface area (Å²) in [7, 11) is 0. The Morgan fingerprint density at radius 3 is 2.60 bits per heavy atom. The van der Waals surface area contributed by atoms with Crippen molar-refractivity contribution in [3.8, 4) is 0 Å². The molecular weight excluding hydrogens is 246 g/mol. The Kier molecular flexibility index (Phi) is 3.55. The Labute approximate surface area is 121 Å². The van der Waals surface area contributed by atoms with Crippen molar-refractivity contribution in [2.75, 3.05) is 13.1 Å². The molecule has 2 heterocycles. The topological polar surface area (TPSA) is 29.9 Å². The second-order valence-corrected chi connectivity index (χ2v) is 6.98. The number of rotatable bonds is 2. The van der Waals surface area contributed by atoms with Gasteiger partial charge in [0, 0.05) is 12.0 Å². The van der Waals surface area contributed by atoms with Gasteiger partial charge in [0.05, 0.1) is 11.0 Å². The van der Waals surface area contributed by atoms with E-state index in [1.807, 2.05) is 0 Å². The van der Waals surface area contributed by atoms with Crippen LogP contribution in [0.15, 0.2) is 24.3 Å². The van der Waals surface area contributed by atoms with Gasteiger partial charge in [-0.3, -0.25) is 0 Å². The molecule has 1 aliphatic rings. The van der Waals surface area contributed by atoms with E-state index in [1.54, 1.807) is 0 Å². The third-order valence-electron chi connectivity index (χ3n) is 4.22. The zero-order valence-electron chi connectivity index (χ0n) is 12.8. The molecular formula is C17H25N3. The predicted octanol–water partition coefficient (Wildman–Crippen LogP) is 3.33. The fraction of sp³-hybridized carbons (Fsp3) is 0.588. The monoisotopic (exact) mass is 271 g/mol. The maximum absolute atomic E-state index is 4.90. The van der Waals surface area contributed by atoms with Gasteiger partial charge in [-0.05, 0) is 44.0 Å². The fourth-order valence-corrected chi connectivity index (χ4v) is 3.16. The second kappa shape index (κ2) is 5.21. The number of hydrogen-bond acceptors (Lipinski definition) is 2. The summed E-state index contributed by atoms with van der Waals surface area (Å²) in [5, 5.41) is 3.45. The molecule has 0 radical (unpaired) electrons. The van der Waals surface area contributed by atoms with Crippen molar-refractivity contribution in [3.05, 3.63) is 30.1 Å². The molecule has 3 rings (SSSR count). The minimum atomic E-state index is 0.0892. The van der Waals surface area contributed by atoms with E-state index >= 15 is 0 Å². The number of hydrogen-bond donors (Lipinski definition) is 1. The Morgan fingerprint density at radius 2 is 1.90 bits per heavy atom. The molecule has 0 spiro atoms. The van der Waals surface area contributed by atoms with Crippen LogP contribution in [0.1, 0.15) is 39.4 Å². The van der Waals surface area contributed by atoms with Gasteiger partial charge in [-0.1, -0.05) is 32.9 Å². The van der Waals surface area contributed by atoms with E-state index in [4.69, 9.17) is 4.98 Å². The van der Waals surface area contributed by atoms with E-state index in [0.717, 1.165) is 31.1 Å². The van der Waals surface area contributed by atoms with Crippen LogP contribution in [0.5, 0.6) is 0 Å². The molecule has 1 aromatic heterocycles. The molecule has 1 fully saturated rings. The first-order valence-corrected chi connectivity index (χ1v) is 7.72. The highest BCUT2D eigenvalue weighted by molar-refractivity contribution is 5.76.